The van der Waals surface area contributed by atoms with E-state index in [1.807, 2.05) is 13.8 Å². The van der Waals surface area contributed by atoms with Crippen molar-refractivity contribution in [1.29, 1.82) is 0 Å². The van der Waals surface area contributed by atoms with E-state index in [0.717, 1.165) is 5.56 Å². The number of halogens is 2. The van der Waals surface area contributed by atoms with Gasteiger partial charge in [-0.3, -0.25) is 10.1 Å². The molecule has 0 spiro atoms. The fourth-order valence-electron chi connectivity index (χ4n) is 1.85. The first-order valence-electron chi connectivity index (χ1n) is 6.36. The first-order chi connectivity index (χ1) is 9.47. The third-order valence-corrected chi connectivity index (χ3v) is 2.93. The molecule has 112 valence electrons. The number of methoxy groups -OCH3 is 1. The summed E-state index contributed by atoms with van der Waals surface area (Å²) in [5.74, 6) is -0.253. The van der Waals surface area contributed by atoms with Gasteiger partial charge in [-0.1, -0.05) is 19.1 Å². The van der Waals surface area contributed by atoms with Gasteiger partial charge < -0.3 is 9.47 Å². The highest BCUT2D eigenvalue weighted by Crippen LogP contribution is 2.21. The lowest BCUT2D eigenvalue weighted by Crippen LogP contribution is -2.38. The number of nitrogens with one attached hydrogen (secondary N) is 1. The second-order valence-corrected chi connectivity index (χ2v) is 4.32. The number of carbonyl (C=O) groups is 1. The molecule has 0 fully saturated rings. The van der Waals surface area contributed by atoms with Crippen LogP contribution in [0, 0.1) is 0 Å². The smallest absolute Gasteiger partial charge is 0.387 e. The molecule has 1 rings (SSSR count). The van der Waals surface area contributed by atoms with Crippen LogP contribution in [0.1, 0.15) is 31.9 Å². The molecule has 0 saturated heterocycles. The molecule has 1 N–H and O–H groups in total. The van der Waals surface area contributed by atoms with Gasteiger partial charge in [0.15, 0.2) is 0 Å². The maximum Gasteiger partial charge on any atom is 0.387 e. The van der Waals surface area contributed by atoms with Crippen molar-refractivity contribution < 1.29 is 23.0 Å². The number of alkyl halides is 2. The molecule has 0 radical (unpaired) electrons. The number of hydrogen-bond acceptors (Lipinski definition) is 4. The highest BCUT2D eigenvalue weighted by atomic mass is 19.3. The van der Waals surface area contributed by atoms with Gasteiger partial charge in [0.1, 0.15) is 11.8 Å². The van der Waals surface area contributed by atoms with Crippen LogP contribution in [0.4, 0.5) is 8.78 Å². The Morgan fingerprint density at radius 1 is 1.40 bits per heavy atom. The first-order valence-corrected chi connectivity index (χ1v) is 6.36. The van der Waals surface area contributed by atoms with Crippen molar-refractivity contribution in [1.82, 2.24) is 5.32 Å². The lowest BCUT2D eigenvalue weighted by molar-refractivity contribution is -0.143. The molecule has 0 bridgehead atoms. The Hall–Kier alpha value is -1.69. The van der Waals surface area contributed by atoms with Crippen LogP contribution in [0.15, 0.2) is 24.3 Å². The Bertz CT molecular complexity index is 440. The predicted molar refractivity (Wildman–Crippen MR) is 70.7 cm³/mol. The summed E-state index contributed by atoms with van der Waals surface area (Å²) in [6.07, 6.45) is 0.574. The van der Waals surface area contributed by atoms with Gasteiger partial charge in [-0.05, 0) is 31.0 Å². The standard InChI is InChI=1S/C14H19F2NO3/c1-4-12(13(18)19-3)17-9(2)10-6-5-7-11(8-10)20-14(15)16/h5-9,12,14,17H,4H2,1-3H3. The Labute approximate surface area is 117 Å². The molecule has 1 aromatic rings. The van der Waals surface area contributed by atoms with Gasteiger partial charge in [0.2, 0.25) is 0 Å². The van der Waals surface area contributed by atoms with E-state index in [1.165, 1.54) is 19.2 Å². The van der Waals surface area contributed by atoms with Gasteiger partial charge in [-0.2, -0.15) is 8.78 Å². The van der Waals surface area contributed by atoms with Gasteiger partial charge in [0.25, 0.3) is 0 Å². The summed E-state index contributed by atoms with van der Waals surface area (Å²) in [7, 11) is 1.33. The third-order valence-electron chi connectivity index (χ3n) is 2.93. The number of hydrogen-bond donors (Lipinski definition) is 1. The van der Waals surface area contributed by atoms with Gasteiger partial charge in [0.05, 0.1) is 7.11 Å². The fraction of sp³-hybridized carbons (Fsp3) is 0.500. The molecule has 0 aliphatic heterocycles. The van der Waals surface area contributed by atoms with Crippen LogP contribution >= 0.6 is 0 Å². The van der Waals surface area contributed by atoms with Crippen LogP contribution in [0.3, 0.4) is 0 Å². The molecule has 1 aromatic carbocycles. The lowest BCUT2D eigenvalue weighted by Gasteiger charge is -2.21. The maximum atomic E-state index is 12.2. The Balaban J connectivity index is 2.75. The van der Waals surface area contributed by atoms with E-state index in [4.69, 9.17) is 4.74 Å². The van der Waals surface area contributed by atoms with Crippen molar-refractivity contribution in [2.45, 2.75) is 39.0 Å². The Kier molecular flexibility index (Phi) is 6.38. The lowest BCUT2D eigenvalue weighted by atomic mass is 10.1. The average Bonchev–Trinajstić information content (AvgIpc) is 2.43. The van der Waals surface area contributed by atoms with Crippen molar-refractivity contribution >= 4 is 5.97 Å². The van der Waals surface area contributed by atoms with Crippen LogP contribution in [-0.4, -0.2) is 25.7 Å². The monoisotopic (exact) mass is 287 g/mol. The molecule has 2 atom stereocenters. The van der Waals surface area contributed by atoms with Gasteiger partial charge in [-0.25, -0.2) is 0 Å². The zero-order chi connectivity index (χ0) is 15.1. The first kappa shape index (κ1) is 16.4. The number of carbonyl (C=O) groups excluding carboxylic acids is 1. The van der Waals surface area contributed by atoms with Crippen molar-refractivity contribution in [3.63, 3.8) is 0 Å². The van der Waals surface area contributed by atoms with E-state index in [0.29, 0.717) is 6.42 Å². The van der Waals surface area contributed by atoms with Crippen molar-refractivity contribution in [3.8, 4) is 5.75 Å². The quantitative estimate of drug-likeness (QED) is 0.783. The number of ether oxygens (including phenoxy) is 2. The zero-order valence-corrected chi connectivity index (χ0v) is 11.7. The fourth-order valence-corrected chi connectivity index (χ4v) is 1.85. The normalized spacial score (nSPS) is 13.9. The second-order valence-electron chi connectivity index (χ2n) is 4.32. The summed E-state index contributed by atoms with van der Waals surface area (Å²) >= 11 is 0. The molecule has 0 saturated carbocycles. The van der Waals surface area contributed by atoms with Crippen molar-refractivity contribution in [2.24, 2.45) is 0 Å². The predicted octanol–water partition coefficient (Wildman–Crippen LogP) is 2.89. The van der Waals surface area contributed by atoms with E-state index in [-0.39, 0.29) is 17.8 Å². The summed E-state index contributed by atoms with van der Waals surface area (Å²) in [5.41, 5.74) is 0.755. The molecular weight excluding hydrogens is 268 g/mol. The molecule has 2 unspecified atom stereocenters. The average molecular weight is 287 g/mol. The molecule has 0 aromatic heterocycles. The highest BCUT2D eigenvalue weighted by molar-refractivity contribution is 5.75. The Morgan fingerprint density at radius 3 is 2.65 bits per heavy atom. The molecule has 0 heterocycles. The largest absolute Gasteiger partial charge is 0.468 e. The van der Waals surface area contributed by atoms with Gasteiger partial charge in [0, 0.05) is 6.04 Å². The van der Waals surface area contributed by atoms with Gasteiger partial charge >= 0.3 is 12.6 Å². The van der Waals surface area contributed by atoms with E-state index in [1.54, 1.807) is 12.1 Å². The van der Waals surface area contributed by atoms with Crippen molar-refractivity contribution in [3.05, 3.63) is 29.8 Å². The SMILES string of the molecule is CCC(NC(C)c1cccc(OC(F)F)c1)C(=O)OC. The molecular formula is C14H19F2NO3. The summed E-state index contributed by atoms with van der Waals surface area (Å²) in [5, 5.41) is 3.10. The van der Waals surface area contributed by atoms with Crippen molar-refractivity contribution in [2.75, 3.05) is 7.11 Å². The second kappa shape index (κ2) is 7.79. The molecule has 0 amide bonds. The zero-order valence-electron chi connectivity index (χ0n) is 11.7. The summed E-state index contributed by atoms with van der Waals surface area (Å²) in [4.78, 5) is 11.5. The van der Waals surface area contributed by atoms with Gasteiger partial charge in [-0.15, -0.1) is 0 Å². The van der Waals surface area contributed by atoms with E-state index in [9.17, 15) is 13.6 Å². The van der Waals surface area contributed by atoms with E-state index in [2.05, 4.69) is 10.1 Å². The van der Waals surface area contributed by atoms with Crippen LogP contribution in [0.5, 0.6) is 5.75 Å². The minimum absolute atomic E-state index is 0.0947. The van der Waals surface area contributed by atoms with Crippen LogP contribution in [0.2, 0.25) is 0 Å². The molecule has 0 aliphatic carbocycles. The van der Waals surface area contributed by atoms with Crippen LogP contribution in [-0.2, 0) is 9.53 Å². The third kappa shape index (κ3) is 4.77. The topological polar surface area (TPSA) is 47.6 Å². The molecule has 0 aliphatic rings. The van der Waals surface area contributed by atoms with Crippen LogP contribution < -0.4 is 10.1 Å². The van der Waals surface area contributed by atoms with E-state index < -0.39 is 12.7 Å². The highest BCUT2D eigenvalue weighted by Gasteiger charge is 2.20. The van der Waals surface area contributed by atoms with E-state index >= 15 is 0 Å². The van der Waals surface area contributed by atoms with Crippen LogP contribution in [0.25, 0.3) is 0 Å². The summed E-state index contributed by atoms with van der Waals surface area (Å²) in [6, 6.07) is 5.76. The maximum absolute atomic E-state index is 12.2. The number of benzene rings is 1. The molecule has 4 nitrogen and oxygen atoms in total. The molecule has 20 heavy (non-hydrogen) atoms. The summed E-state index contributed by atoms with van der Waals surface area (Å²) in [6.45, 7) is 0.844. The number of esters is 1. The Morgan fingerprint density at radius 2 is 2.10 bits per heavy atom. The number of rotatable bonds is 7. The molecule has 6 heteroatoms. The minimum atomic E-state index is -2.85. The minimum Gasteiger partial charge on any atom is -0.468 e. The summed E-state index contributed by atoms with van der Waals surface area (Å²) < 4.78 is 33.4.